The summed E-state index contributed by atoms with van der Waals surface area (Å²) in [6.45, 7) is 3.65. The predicted octanol–water partition coefficient (Wildman–Crippen LogP) is 8.80. The smallest absolute Gasteiger partial charge is 0.339 e. The number of fused-ring (bicyclic) bond motifs is 2. The lowest BCUT2D eigenvalue weighted by molar-refractivity contribution is 0.262. The van der Waals surface area contributed by atoms with Gasteiger partial charge in [-0.15, -0.1) is 0 Å². The first-order chi connectivity index (χ1) is 32.1. The van der Waals surface area contributed by atoms with E-state index in [2.05, 4.69) is 20.1 Å². The molecular formula is C47H38N4O13S4. The van der Waals surface area contributed by atoms with Crippen molar-refractivity contribution in [3.8, 4) is 23.0 Å². The van der Waals surface area contributed by atoms with Crippen LogP contribution in [0.15, 0.2) is 177 Å². The summed E-state index contributed by atoms with van der Waals surface area (Å²) < 4.78 is 121. The van der Waals surface area contributed by atoms with Gasteiger partial charge in [0.2, 0.25) is 0 Å². The van der Waals surface area contributed by atoms with Crippen LogP contribution in [0.5, 0.6) is 23.0 Å². The van der Waals surface area contributed by atoms with Gasteiger partial charge >= 0.3 is 26.3 Å². The minimum atomic E-state index is -4.43. The van der Waals surface area contributed by atoms with Crippen molar-refractivity contribution in [2.24, 2.45) is 0 Å². The Kier molecular flexibility index (Phi) is 12.4. The topological polar surface area (TPSA) is 261 Å². The number of nitrogens with one attached hydrogen (secondary N) is 4. The zero-order chi connectivity index (χ0) is 48.6. The molecule has 68 heavy (non-hydrogen) atoms. The van der Waals surface area contributed by atoms with Crippen LogP contribution in [-0.4, -0.2) is 49.9 Å². The lowest BCUT2D eigenvalue weighted by atomic mass is 10.1. The van der Waals surface area contributed by atoms with E-state index in [0.29, 0.717) is 0 Å². The third kappa shape index (κ3) is 10.6. The van der Waals surface area contributed by atoms with Gasteiger partial charge in [0.05, 0.1) is 21.2 Å². The number of hydrogen-bond donors (Lipinski definition) is 6. The first-order valence-electron chi connectivity index (χ1n) is 20.0. The molecule has 0 fully saturated rings. The van der Waals surface area contributed by atoms with Crippen molar-refractivity contribution in [2.75, 3.05) is 20.1 Å². The molecule has 0 heterocycles. The van der Waals surface area contributed by atoms with Gasteiger partial charge in [-0.3, -0.25) is 9.44 Å². The second-order valence-corrected chi connectivity index (χ2v) is 21.8. The Morgan fingerprint density at radius 1 is 0.426 bits per heavy atom. The van der Waals surface area contributed by atoms with E-state index in [1.165, 1.54) is 109 Å². The summed E-state index contributed by atoms with van der Waals surface area (Å²) in [5.74, 6) is -0.665. The molecule has 0 saturated carbocycles. The highest BCUT2D eigenvalue weighted by atomic mass is 32.2. The number of phenols is 2. The van der Waals surface area contributed by atoms with Crippen LogP contribution < -0.4 is 28.4 Å². The molecule has 0 saturated heterocycles. The molecule has 2 amide bonds. The summed E-state index contributed by atoms with van der Waals surface area (Å²) in [5.41, 5.74) is 1.93. The minimum absolute atomic E-state index is 0.0678. The molecule has 0 spiro atoms. The number of amides is 2. The summed E-state index contributed by atoms with van der Waals surface area (Å²) in [5, 5.41) is 27.8. The molecule has 8 aromatic rings. The van der Waals surface area contributed by atoms with Crippen LogP contribution in [0, 0.1) is 13.8 Å². The maximum Gasteiger partial charge on any atom is 0.339 e. The van der Waals surface area contributed by atoms with E-state index in [1.807, 2.05) is 13.8 Å². The molecule has 0 atom stereocenters. The summed E-state index contributed by atoms with van der Waals surface area (Å²) >= 11 is 0. The van der Waals surface area contributed by atoms with Gasteiger partial charge in [-0.2, -0.15) is 16.8 Å². The van der Waals surface area contributed by atoms with Gasteiger partial charge in [-0.1, -0.05) is 47.5 Å². The van der Waals surface area contributed by atoms with Crippen LogP contribution in [0.25, 0.3) is 21.5 Å². The van der Waals surface area contributed by atoms with E-state index in [0.717, 1.165) is 35.4 Å². The molecule has 8 rings (SSSR count). The highest BCUT2D eigenvalue weighted by molar-refractivity contribution is 7.93. The molecule has 21 heteroatoms. The molecule has 0 aliphatic heterocycles. The van der Waals surface area contributed by atoms with Gasteiger partial charge < -0.3 is 29.2 Å². The van der Waals surface area contributed by atoms with Gasteiger partial charge in [0.25, 0.3) is 20.0 Å². The number of aryl methyl sites for hydroxylation is 2. The fourth-order valence-electron chi connectivity index (χ4n) is 6.80. The van der Waals surface area contributed by atoms with E-state index in [9.17, 15) is 48.7 Å². The number of phenolic OH excluding ortho intramolecular Hbond substituents is 2. The number of carbonyl (C=O) groups is 1. The van der Waals surface area contributed by atoms with Crippen molar-refractivity contribution in [3.05, 3.63) is 169 Å². The fourth-order valence-corrected chi connectivity index (χ4v) is 11.0. The number of aromatic hydroxyl groups is 2. The number of carbonyl (C=O) groups excluding carboxylic acids is 1. The highest BCUT2D eigenvalue weighted by Gasteiger charge is 2.23. The van der Waals surface area contributed by atoms with E-state index in [4.69, 9.17) is 8.37 Å². The molecule has 0 aliphatic carbocycles. The Balaban J connectivity index is 0.959. The minimum Gasteiger partial charge on any atom is -0.507 e. The van der Waals surface area contributed by atoms with Crippen molar-refractivity contribution >= 4 is 90.6 Å². The van der Waals surface area contributed by atoms with Crippen LogP contribution in [0.1, 0.15) is 11.1 Å². The van der Waals surface area contributed by atoms with Gasteiger partial charge in [-0.25, -0.2) is 21.6 Å². The molecular weight excluding hydrogens is 957 g/mol. The van der Waals surface area contributed by atoms with Crippen molar-refractivity contribution in [1.82, 2.24) is 0 Å². The van der Waals surface area contributed by atoms with E-state index < -0.39 is 57.8 Å². The summed E-state index contributed by atoms with van der Waals surface area (Å²) in [6, 6.07) is 35.0. The molecule has 17 nitrogen and oxygen atoms in total. The van der Waals surface area contributed by atoms with E-state index in [-0.39, 0.29) is 75.4 Å². The molecule has 0 radical (unpaired) electrons. The second-order valence-electron chi connectivity index (χ2n) is 15.3. The van der Waals surface area contributed by atoms with Crippen LogP contribution in [-0.2, 0) is 40.3 Å². The molecule has 0 bridgehead atoms. The molecule has 8 aromatic carbocycles. The Hall–Kier alpha value is -7.85. The maximum atomic E-state index is 13.6. The van der Waals surface area contributed by atoms with E-state index >= 15 is 0 Å². The highest BCUT2D eigenvalue weighted by Crippen LogP contribution is 2.34. The zero-order valence-electron chi connectivity index (χ0n) is 35.5. The monoisotopic (exact) mass is 994 g/mol. The number of urea groups is 1. The number of rotatable bonds is 14. The maximum absolute atomic E-state index is 13.6. The van der Waals surface area contributed by atoms with Crippen molar-refractivity contribution in [3.63, 3.8) is 0 Å². The average Bonchev–Trinajstić information content (AvgIpc) is 3.27. The normalized spacial score (nSPS) is 12.0. The molecule has 0 aromatic heterocycles. The van der Waals surface area contributed by atoms with Crippen molar-refractivity contribution in [2.45, 2.75) is 33.4 Å². The number of anilines is 4. The number of hydrogen-bond acceptors (Lipinski definition) is 13. The molecule has 0 unspecified atom stereocenters. The summed E-state index contributed by atoms with van der Waals surface area (Å²) in [4.78, 5) is 11.8. The predicted molar refractivity (Wildman–Crippen MR) is 256 cm³/mol. The quantitative estimate of drug-likeness (QED) is 0.0557. The van der Waals surface area contributed by atoms with Gasteiger partial charge in [0, 0.05) is 34.3 Å². The summed E-state index contributed by atoms with van der Waals surface area (Å²) in [7, 11) is -17.6. The van der Waals surface area contributed by atoms with Gasteiger partial charge in [0.1, 0.15) is 32.8 Å². The summed E-state index contributed by atoms with van der Waals surface area (Å²) in [6.07, 6.45) is 0. The lowest BCUT2D eigenvalue weighted by Crippen LogP contribution is -2.19. The molecule has 6 N–H and O–H groups in total. The number of benzene rings is 8. The third-order valence-electron chi connectivity index (χ3n) is 10.1. The Labute approximate surface area is 391 Å². The van der Waals surface area contributed by atoms with Crippen LogP contribution in [0.2, 0.25) is 0 Å². The van der Waals surface area contributed by atoms with Crippen molar-refractivity contribution < 1.29 is 57.0 Å². The molecule has 0 aliphatic rings. The van der Waals surface area contributed by atoms with Gasteiger partial charge in [0.15, 0.2) is 0 Å². The lowest BCUT2D eigenvalue weighted by Gasteiger charge is -2.13. The van der Waals surface area contributed by atoms with Crippen LogP contribution >= 0.6 is 0 Å². The van der Waals surface area contributed by atoms with Crippen molar-refractivity contribution in [1.29, 1.82) is 0 Å². The third-order valence-corrected chi connectivity index (χ3v) is 15.4. The average molecular weight is 995 g/mol. The standard InChI is InChI=1S/C47H38N4O13S4/c1-29-9-15-37(16-10-29)63-67(59,60)39-7-3-5-35(25-39)50-65(55,56)41-23-31-21-33(13-19-43(31)45(52)27-41)48-47(54)49-34-14-20-44-32(22-34)24-42(28-46(44)53)66(57,58)51-36-6-4-8-40(26-36)68(61,62)64-38-17-11-30(2)12-18-38/h3-28,50-53H,1-2H3,(H2,48,49,54). The van der Waals surface area contributed by atoms with E-state index in [1.54, 1.807) is 24.3 Å². The largest absolute Gasteiger partial charge is 0.507 e. The first kappa shape index (κ1) is 46.7. The Morgan fingerprint density at radius 2 is 0.809 bits per heavy atom. The first-order valence-corrected chi connectivity index (χ1v) is 25.8. The Morgan fingerprint density at radius 3 is 1.19 bits per heavy atom. The van der Waals surface area contributed by atoms with Crippen LogP contribution in [0.3, 0.4) is 0 Å². The molecule has 348 valence electrons. The van der Waals surface area contributed by atoms with Crippen LogP contribution in [0.4, 0.5) is 27.5 Å². The fraction of sp³-hybridized carbons (Fsp3) is 0.0426. The SMILES string of the molecule is Cc1ccc(OS(=O)(=O)c2cccc(NS(=O)(=O)c3cc(O)c4ccc(NC(=O)Nc5ccc6c(O)cc(S(=O)(=O)Nc7cccc(S(=O)(=O)Oc8ccc(C)cc8)c7)cc6c5)cc4c3)c2)cc1. The Bertz CT molecular complexity index is 3510. The van der Waals surface area contributed by atoms with Gasteiger partial charge in [-0.05, 0) is 134 Å². The number of sulfonamides is 2. The zero-order valence-corrected chi connectivity index (χ0v) is 38.8. The second kappa shape index (κ2) is 18.1.